The van der Waals surface area contributed by atoms with Crippen molar-refractivity contribution in [1.82, 2.24) is 0 Å². The Morgan fingerprint density at radius 2 is 1.83 bits per heavy atom. The van der Waals surface area contributed by atoms with Crippen LogP contribution in [0, 0.1) is 17.3 Å². The Labute approximate surface area is 136 Å². The van der Waals surface area contributed by atoms with Gasteiger partial charge in [0.2, 0.25) is 0 Å². The molecular weight excluding hydrogens is 296 g/mol. The van der Waals surface area contributed by atoms with Gasteiger partial charge in [-0.05, 0) is 23.5 Å². The maximum Gasteiger partial charge on any atom is 0.121 e. The number of aliphatic hydroxyl groups excluding tert-OH is 2. The molecule has 4 aliphatic rings. The molecule has 0 bridgehead atoms. The third-order valence-corrected chi connectivity index (χ3v) is 5.88. The molecule has 3 fully saturated rings. The average Bonchev–Trinajstić information content (AvgIpc) is 3.37. The average molecular weight is 322 g/mol. The highest BCUT2D eigenvalue weighted by atomic mass is 16.6. The molecule has 6 unspecified atom stereocenters. The largest absolute Gasteiger partial charge is 0.508 e. The van der Waals surface area contributed by atoms with Crippen LogP contribution in [-0.2, 0) is 14.2 Å². The first-order chi connectivity index (χ1) is 10.9. The van der Waals surface area contributed by atoms with E-state index in [9.17, 15) is 10.2 Å². The molecule has 6 atom stereocenters. The van der Waals surface area contributed by atoms with E-state index >= 15 is 0 Å². The Bertz CT molecular complexity index is 578. The standard InChI is InChI=1S/C18H26O5/c1-8(2)10-5-13(19)18(9(3)4)14(15(10)20)16-11(22-16)6-21-7-12-17(18)23-12/h5,8-9,11-13,16-17,19-20H,6-7H2,1-4H3. The van der Waals surface area contributed by atoms with Gasteiger partial charge in [0.05, 0.1) is 30.8 Å². The lowest BCUT2D eigenvalue weighted by Gasteiger charge is -2.45. The molecule has 5 heteroatoms. The molecule has 1 aliphatic carbocycles. The lowest BCUT2D eigenvalue weighted by molar-refractivity contribution is 0.0147. The molecule has 2 N–H and O–H groups in total. The van der Waals surface area contributed by atoms with E-state index in [4.69, 9.17) is 14.2 Å². The number of aliphatic hydroxyl groups is 2. The van der Waals surface area contributed by atoms with E-state index in [0.717, 1.165) is 11.1 Å². The number of epoxide rings is 2. The molecule has 0 radical (unpaired) electrons. The predicted molar refractivity (Wildman–Crippen MR) is 84.0 cm³/mol. The Morgan fingerprint density at radius 1 is 1.13 bits per heavy atom. The molecule has 0 spiro atoms. The Hall–Kier alpha value is -0.880. The van der Waals surface area contributed by atoms with Crippen molar-refractivity contribution in [2.75, 3.05) is 13.2 Å². The van der Waals surface area contributed by atoms with Gasteiger partial charge in [-0.3, -0.25) is 0 Å². The van der Waals surface area contributed by atoms with E-state index < -0.39 is 11.5 Å². The van der Waals surface area contributed by atoms with Crippen molar-refractivity contribution in [2.45, 2.75) is 58.2 Å². The zero-order valence-electron chi connectivity index (χ0n) is 14.2. The fourth-order valence-electron chi connectivity index (χ4n) is 4.57. The van der Waals surface area contributed by atoms with Gasteiger partial charge in [-0.2, -0.15) is 0 Å². The second-order valence-corrected chi connectivity index (χ2v) is 7.80. The maximum atomic E-state index is 11.1. The van der Waals surface area contributed by atoms with Crippen LogP contribution in [0.2, 0.25) is 0 Å². The molecule has 23 heavy (non-hydrogen) atoms. The summed E-state index contributed by atoms with van der Waals surface area (Å²) >= 11 is 0. The van der Waals surface area contributed by atoms with Crippen LogP contribution in [0.15, 0.2) is 23.0 Å². The number of allylic oxidation sites excluding steroid dienone is 1. The van der Waals surface area contributed by atoms with Crippen LogP contribution in [-0.4, -0.2) is 53.9 Å². The fourth-order valence-corrected chi connectivity index (χ4v) is 4.57. The van der Waals surface area contributed by atoms with E-state index in [1.807, 2.05) is 19.9 Å². The van der Waals surface area contributed by atoms with E-state index in [1.54, 1.807) is 0 Å². The van der Waals surface area contributed by atoms with Gasteiger partial charge in [0.1, 0.15) is 24.1 Å². The lowest BCUT2D eigenvalue weighted by Crippen LogP contribution is -2.50. The van der Waals surface area contributed by atoms with Crippen LogP contribution in [0.25, 0.3) is 0 Å². The second kappa shape index (κ2) is 5.06. The van der Waals surface area contributed by atoms with Gasteiger partial charge in [-0.15, -0.1) is 0 Å². The predicted octanol–water partition coefficient (Wildman–Crippen LogP) is 1.96. The van der Waals surface area contributed by atoms with Crippen LogP contribution in [0.3, 0.4) is 0 Å². The molecule has 0 aromatic heterocycles. The second-order valence-electron chi connectivity index (χ2n) is 7.80. The van der Waals surface area contributed by atoms with Crippen LogP contribution in [0.4, 0.5) is 0 Å². The summed E-state index contributed by atoms with van der Waals surface area (Å²) in [5, 5.41) is 22.1. The van der Waals surface area contributed by atoms with Crippen LogP contribution < -0.4 is 0 Å². The number of hydrogen-bond donors (Lipinski definition) is 2. The maximum absolute atomic E-state index is 11.1. The number of rotatable bonds is 2. The van der Waals surface area contributed by atoms with Crippen molar-refractivity contribution in [3.8, 4) is 0 Å². The highest BCUT2D eigenvalue weighted by Crippen LogP contribution is 2.59. The molecule has 0 aromatic rings. The first-order valence-corrected chi connectivity index (χ1v) is 8.61. The van der Waals surface area contributed by atoms with E-state index in [-0.39, 0.29) is 36.3 Å². The van der Waals surface area contributed by atoms with E-state index in [2.05, 4.69) is 13.8 Å². The highest BCUT2D eigenvalue weighted by molar-refractivity contribution is 5.48. The Balaban J connectivity index is 1.89. The zero-order valence-corrected chi connectivity index (χ0v) is 14.2. The van der Waals surface area contributed by atoms with Gasteiger partial charge in [0.25, 0.3) is 0 Å². The molecule has 0 saturated carbocycles. The first-order valence-electron chi connectivity index (χ1n) is 8.61. The van der Waals surface area contributed by atoms with Crippen molar-refractivity contribution in [1.29, 1.82) is 0 Å². The molecule has 0 amide bonds. The normalized spacial score (nSPS) is 45.5. The molecular formula is C18H26O5. The summed E-state index contributed by atoms with van der Waals surface area (Å²) in [7, 11) is 0. The summed E-state index contributed by atoms with van der Waals surface area (Å²) in [6.07, 6.45) is 0.768. The number of fused-ring (bicyclic) bond motifs is 5. The van der Waals surface area contributed by atoms with Gasteiger partial charge < -0.3 is 24.4 Å². The minimum Gasteiger partial charge on any atom is -0.508 e. The molecule has 3 heterocycles. The van der Waals surface area contributed by atoms with Crippen molar-refractivity contribution in [3.63, 3.8) is 0 Å². The quantitative estimate of drug-likeness (QED) is 0.760. The fraction of sp³-hybridized carbons (Fsp3) is 0.778. The van der Waals surface area contributed by atoms with Crippen LogP contribution in [0.1, 0.15) is 27.7 Å². The summed E-state index contributed by atoms with van der Waals surface area (Å²) < 4.78 is 17.4. The van der Waals surface area contributed by atoms with E-state index in [1.165, 1.54) is 0 Å². The lowest BCUT2D eigenvalue weighted by atomic mass is 9.59. The Morgan fingerprint density at radius 3 is 2.48 bits per heavy atom. The summed E-state index contributed by atoms with van der Waals surface area (Å²) in [6.45, 7) is 9.25. The molecule has 128 valence electrons. The van der Waals surface area contributed by atoms with Gasteiger partial charge in [-0.1, -0.05) is 27.7 Å². The molecule has 5 nitrogen and oxygen atoms in total. The van der Waals surface area contributed by atoms with Crippen LogP contribution in [0.5, 0.6) is 0 Å². The van der Waals surface area contributed by atoms with Crippen molar-refractivity contribution in [2.24, 2.45) is 17.3 Å². The SMILES string of the molecule is CC(C)C1=CC(O)C2(C(C)C)C(=C1O)C1OC1COCC1OC12. The van der Waals surface area contributed by atoms with Crippen molar-refractivity contribution in [3.05, 3.63) is 23.0 Å². The smallest absolute Gasteiger partial charge is 0.121 e. The highest BCUT2D eigenvalue weighted by Gasteiger charge is 2.67. The third-order valence-electron chi connectivity index (χ3n) is 5.88. The molecule has 3 aliphatic heterocycles. The molecule has 0 aromatic carbocycles. The van der Waals surface area contributed by atoms with Crippen LogP contribution >= 0.6 is 0 Å². The minimum atomic E-state index is -0.691. The minimum absolute atomic E-state index is 0.0126. The number of hydrogen-bond acceptors (Lipinski definition) is 5. The monoisotopic (exact) mass is 322 g/mol. The molecule has 3 saturated heterocycles. The van der Waals surface area contributed by atoms with Crippen molar-refractivity contribution < 1.29 is 24.4 Å². The summed E-state index contributed by atoms with van der Waals surface area (Å²) in [5.74, 6) is 0.541. The van der Waals surface area contributed by atoms with Gasteiger partial charge in [0, 0.05) is 5.57 Å². The van der Waals surface area contributed by atoms with Gasteiger partial charge in [0.15, 0.2) is 0 Å². The topological polar surface area (TPSA) is 74.8 Å². The third kappa shape index (κ3) is 2.07. The molecule has 4 rings (SSSR count). The summed E-state index contributed by atoms with van der Waals surface area (Å²) in [4.78, 5) is 0. The Kier molecular flexibility index (Phi) is 3.44. The number of ether oxygens (including phenoxy) is 3. The van der Waals surface area contributed by atoms with Gasteiger partial charge >= 0.3 is 0 Å². The van der Waals surface area contributed by atoms with E-state index in [0.29, 0.717) is 19.0 Å². The van der Waals surface area contributed by atoms with Gasteiger partial charge in [-0.25, -0.2) is 0 Å². The summed E-state index contributed by atoms with van der Waals surface area (Å²) in [5.41, 5.74) is 0.991. The first kappa shape index (κ1) is 15.6. The summed E-state index contributed by atoms with van der Waals surface area (Å²) in [6, 6.07) is 0. The zero-order chi connectivity index (χ0) is 16.5. The van der Waals surface area contributed by atoms with Crippen molar-refractivity contribution >= 4 is 0 Å².